The number of halogens is 3. The van der Waals surface area contributed by atoms with Crippen LogP contribution in [0.4, 0.5) is 8.78 Å². The fourth-order valence-corrected chi connectivity index (χ4v) is 3.00. The van der Waals surface area contributed by atoms with Gasteiger partial charge in [-0.3, -0.25) is 4.90 Å². The van der Waals surface area contributed by atoms with Gasteiger partial charge in [-0.2, -0.15) is 8.78 Å². The largest absolute Gasteiger partial charge is 0.434 e. The van der Waals surface area contributed by atoms with Crippen LogP contribution >= 0.6 is 27.3 Å². The van der Waals surface area contributed by atoms with Gasteiger partial charge in [-0.15, -0.1) is 11.3 Å². The lowest BCUT2D eigenvalue weighted by molar-refractivity contribution is -0.0507. The molecule has 0 aliphatic heterocycles. The van der Waals surface area contributed by atoms with Gasteiger partial charge in [0.05, 0.1) is 10.7 Å². The summed E-state index contributed by atoms with van der Waals surface area (Å²) in [5.41, 5.74) is 1.69. The maximum absolute atomic E-state index is 12.4. The summed E-state index contributed by atoms with van der Waals surface area (Å²) in [6.07, 6.45) is 0. The van der Waals surface area contributed by atoms with E-state index in [2.05, 4.69) is 25.7 Å². The Labute approximate surface area is 134 Å². The van der Waals surface area contributed by atoms with Gasteiger partial charge in [0.25, 0.3) is 0 Å². The summed E-state index contributed by atoms with van der Waals surface area (Å²) in [5.74, 6) is 0.203. The third-order valence-electron chi connectivity index (χ3n) is 2.78. The molecule has 1 aromatic carbocycles. The van der Waals surface area contributed by atoms with Gasteiger partial charge in [-0.05, 0) is 32.2 Å². The molecule has 0 bridgehead atoms. The van der Waals surface area contributed by atoms with Crippen molar-refractivity contribution in [3.63, 3.8) is 0 Å². The molecule has 0 saturated carbocycles. The first kappa shape index (κ1) is 16.3. The molecule has 114 valence electrons. The molecular formula is C14H15BrF2N2OS. The minimum Gasteiger partial charge on any atom is -0.434 e. The average Bonchev–Trinajstić information content (AvgIpc) is 2.77. The third-order valence-corrected chi connectivity index (χ3v) is 4.09. The van der Waals surface area contributed by atoms with Crippen LogP contribution in [0, 0.1) is 6.92 Å². The van der Waals surface area contributed by atoms with Crippen LogP contribution in [-0.2, 0) is 13.1 Å². The van der Waals surface area contributed by atoms with Gasteiger partial charge in [0.2, 0.25) is 0 Å². The lowest BCUT2D eigenvalue weighted by Crippen LogP contribution is -2.18. The van der Waals surface area contributed by atoms with Gasteiger partial charge in [-0.1, -0.05) is 15.9 Å². The van der Waals surface area contributed by atoms with Crippen LogP contribution in [0.15, 0.2) is 28.1 Å². The number of benzene rings is 1. The summed E-state index contributed by atoms with van der Waals surface area (Å²) in [6.45, 7) is 0.288. The Hall–Kier alpha value is -1.05. The third kappa shape index (κ3) is 5.01. The number of nitrogens with zero attached hydrogens (tertiary/aromatic N) is 2. The summed E-state index contributed by atoms with van der Waals surface area (Å²) >= 11 is 4.95. The quantitative estimate of drug-likeness (QED) is 0.744. The molecule has 0 spiro atoms. The van der Waals surface area contributed by atoms with Crippen molar-refractivity contribution < 1.29 is 13.5 Å². The van der Waals surface area contributed by atoms with Crippen molar-refractivity contribution >= 4 is 27.3 Å². The number of aryl methyl sites for hydroxylation is 1. The second-order valence-electron chi connectivity index (χ2n) is 4.66. The molecule has 0 aliphatic carbocycles. The smallest absolute Gasteiger partial charge is 0.387 e. The first-order valence-electron chi connectivity index (χ1n) is 6.27. The Bertz CT molecular complexity index is 606. The van der Waals surface area contributed by atoms with Crippen LogP contribution in [-0.4, -0.2) is 23.5 Å². The zero-order chi connectivity index (χ0) is 15.4. The molecule has 0 fully saturated rings. The van der Waals surface area contributed by atoms with Crippen molar-refractivity contribution in [1.82, 2.24) is 9.88 Å². The number of hydrogen-bond donors (Lipinski definition) is 0. The second kappa shape index (κ2) is 7.29. The molecule has 1 aromatic heterocycles. The van der Waals surface area contributed by atoms with E-state index in [9.17, 15) is 8.78 Å². The Morgan fingerprint density at radius 2 is 2.14 bits per heavy atom. The number of alkyl halides is 2. The van der Waals surface area contributed by atoms with Crippen LogP contribution in [0.25, 0.3) is 0 Å². The maximum Gasteiger partial charge on any atom is 0.387 e. The van der Waals surface area contributed by atoms with Gasteiger partial charge in [0.1, 0.15) is 5.75 Å². The van der Waals surface area contributed by atoms with Gasteiger partial charge in [-0.25, -0.2) is 4.98 Å². The highest BCUT2D eigenvalue weighted by atomic mass is 79.9. The monoisotopic (exact) mass is 376 g/mol. The number of thiazole rings is 1. The van der Waals surface area contributed by atoms with Crippen LogP contribution in [0.3, 0.4) is 0 Å². The van der Waals surface area contributed by atoms with Gasteiger partial charge in [0, 0.05) is 28.5 Å². The molecular weight excluding hydrogens is 362 g/mol. The predicted molar refractivity (Wildman–Crippen MR) is 82.8 cm³/mol. The van der Waals surface area contributed by atoms with Gasteiger partial charge >= 0.3 is 6.61 Å². The number of hydrogen-bond acceptors (Lipinski definition) is 4. The second-order valence-corrected chi connectivity index (χ2v) is 6.64. The molecule has 0 atom stereocenters. The number of ether oxygens (including phenoxy) is 1. The Balaban J connectivity index is 2.08. The van der Waals surface area contributed by atoms with E-state index in [4.69, 9.17) is 0 Å². The summed E-state index contributed by atoms with van der Waals surface area (Å²) in [7, 11) is 1.92. The molecule has 0 aliphatic rings. The average molecular weight is 377 g/mol. The minimum atomic E-state index is -2.82. The molecule has 2 aromatic rings. The lowest BCUT2D eigenvalue weighted by atomic mass is 10.2. The standard InChI is InChI=1S/C14H15BrF2N2OS/c1-9-18-12(8-21-9)7-19(2)6-10-5-11(15)3-4-13(10)20-14(16)17/h3-5,8,14H,6-7H2,1-2H3. The van der Waals surface area contributed by atoms with E-state index in [0.717, 1.165) is 15.2 Å². The normalized spacial score (nSPS) is 11.4. The van der Waals surface area contributed by atoms with Crippen molar-refractivity contribution in [2.45, 2.75) is 26.6 Å². The van der Waals surface area contributed by atoms with Gasteiger partial charge < -0.3 is 4.74 Å². The highest BCUT2D eigenvalue weighted by Gasteiger charge is 2.13. The molecule has 0 radical (unpaired) electrons. The fraction of sp³-hybridized carbons (Fsp3) is 0.357. The first-order valence-corrected chi connectivity index (χ1v) is 7.94. The summed E-state index contributed by atoms with van der Waals surface area (Å²) in [5, 5.41) is 3.02. The van der Waals surface area contributed by atoms with Crippen molar-refractivity contribution in [3.8, 4) is 5.75 Å². The SMILES string of the molecule is Cc1nc(CN(C)Cc2cc(Br)ccc2OC(F)F)cs1. The van der Waals surface area contributed by atoms with E-state index in [0.29, 0.717) is 18.7 Å². The van der Waals surface area contributed by atoms with E-state index in [-0.39, 0.29) is 5.75 Å². The molecule has 1 heterocycles. The summed E-state index contributed by atoms with van der Waals surface area (Å²) in [6, 6.07) is 5.03. The fourth-order valence-electron chi connectivity index (χ4n) is 1.99. The highest BCUT2D eigenvalue weighted by Crippen LogP contribution is 2.26. The molecule has 21 heavy (non-hydrogen) atoms. The molecule has 0 amide bonds. The van der Waals surface area contributed by atoms with E-state index >= 15 is 0 Å². The zero-order valence-corrected chi connectivity index (χ0v) is 14.0. The molecule has 7 heteroatoms. The molecule has 0 unspecified atom stereocenters. The zero-order valence-electron chi connectivity index (χ0n) is 11.6. The minimum absolute atomic E-state index is 0.203. The van der Waals surface area contributed by atoms with Crippen molar-refractivity contribution in [2.75, 3.05) is 7.05 Å². The van der Waals surface area contributed by atoms with E-state index < -0.39 is 6.61 Å². The van der Waals surface area contributed by atoms with E-state index in [1.807, 2.05) is 24.3 Å². The first-order chi connectivity index (χ1) is 9.94. The van der Waals surface area contributed by atoms with Crippen LogP contribution in [0.2, 0.25) is 0 Å². The number of rotatable bonds is 6. The van der Waals surface area contributed by atoms with Crippen molar-refractivity contribution in [2.24, 2.45) is 0 Å². The van der Waals surface area contributed by atoms with Crippen LogP contribution in [0.5, 0.6) is 5.75 Å². The van der Waals surface area contributed by atoms with Crippen LogP contribution in [0.1, 0.15) is 16.3 Å². The maximum atomic E-state index is 12.4. The highest BCUT2D eigenvalue weighted by molar-refractivity contribution is 9.10. The van der Waals surface area contributed by atoms with Crippen molar-refractivity contribution in [3.05, 3.63) is 44.3 Å². The Kier molecular flexibility index (Phi) is 5.66. The predicted octanol–water partition coefficient (Wildman–Crippen LogP) is 4.45. The van der Waals surface area contributed by atoms with E-state index in [1.54, 1.807) is 29.5 Å². The van der Waals surface area contributed by atoms with E-state index in [1.165, 1.54) is 0 Å². The van der Waals surface area contributed by atoms with Crippen LogP contribution < -0.4 is 4.74 Å². The molecule has 3 nitrogen and oxygen atoms in total. The molecule has 0 saturated heterocycles. The molecule has 2 rings (SSSR count). The topological polar surface area (TPSA) is 25.4 Å². The Morgan fingerprint density at radius 3 is 2.76 bits per heavy atom. The number of aromatic nitrogens is 1. The summed E-state index contributed by atoms with van der Waals surface area (Å²) in [4.78, 5) is 6.41. The van der Waals surface area contributed by atoms with Gasteiger partial charge in [0.15, 0.2) is 0 Å². The molecule has 0 N–H and O–H groups in total. The summed E-state index contributed by atoms with van der Waals surface area (Å²) < 4.78 is 30.3. The Morgan fingerprint density at radius 1 is 1.38 bits per heavy atom. The van der Waals surface area contributed by atoms with Crippen molar-refractivity contribution in [1.29, 1.82) is 0 Å². The lowest BCUT2D eigenvalue weighted by Gasteiger charge is -2.18.